The first-order valence-corrected chi connectivity index (χ1v) is 7.62. The Labute approximate surface area is 128 Å². The maximum atomic E-state index is 5.48. The van der Waals surface area contributed by atoms with Crippen molar-refractivity contribution in [1.29, 1.82) is 0 Å². The van der Waals surface area contributed by atoms with Crippen LogP contribution in [0.5, 0.6) is 5.75 Å². The number of thiophene rings is 1. The van der Waals surface area contributed by atoms with E-state index in [0.717, 1.165) is 33.3 Å². The maximum absolute atomic E-state index is 5.48. The molecule has 4 nitrogen and oxygen atoms in total. The van der Waals surface area contributed by atoms with E-state index in [2.05, 4.69) is 32.9 Å². The van der Waals surface area contributed by atoms with Gasteiger partial charge in [0.1, 0.15) is 11.6 Å². The Balaban J connectivity index is 1.97. The van der Waals surface area contributed by atoms with Crippen molar-refractivity contribution < 1.29 is 4.74 Å². The molecule has 108 valence electrons. The van der Waals surface area contributed by atoms with Crippen LogP contribution >= 0.6 is 11.3 Å². The van der Waals surface area contributed by atoms with Crippen molar-refractivity contribution in [2.24, 2.45) is 0 Å². The van der Waals surface area contributed by atoms with Gasteiger partial charge in [0.15, 0.2) is 0 Å². The lowest BCUT2D eigenvalue weighted by atomic mass is 10.1. The van der Waals surface area contributed by atoms with Gasteiger partial charge in [-0.05, 0) is 25.3 Å². The van der Waals surface area contributed by atoms with E-state index in [1.165, 1.54) is 0 Å². The number of hydrogen-bond donors (Lipinski definition) is 0. The highest BCUT2D eigenvalue weighted by Crippen LogP contribution is 2.27. The van der Waals surface area contributed by atoms with Gasteiger partial charge in [-0.2, -0.15) is 0 Å². The van der Waals surface area contributed by atoms with Gasteiger partial charge in [0.25, 0.3) is 0 Å². The molecule has 0 N–H and O–H groups in total. The molecule has 0 fully saturated rings. The van der Waals surface area contributed by atoms with Crippen LogP contribution in [0.2, 0.25) is 0 Å². The molecule has 0 aromatic carbocycles. The summed E-state index contributed by atoms with van der Waals surface area (Å²) in [6, 6.07) is 4.12. The minimum absolute atomic E-state index is 0.690. The standard InChI is InChI=1S/C16H17N3OS/c1-11-9-18-13(12(2)15(11)20-3)10-19-7-6-17-16(19)14-5-4-8-21-14/h4-9H,10H2,1-3H3. The molecule has 0 aliphatic rings. The van der Waals surface area contributed by atoms with Crippen molar-refractivity contribution in [2.75, 3.05) is 7.11 Å². The van der Waals surface area contributed by atoms with Crippen LogP contribution in [-0.4, -0.2) is 21.6 Å². The summed E-state index contributed by atoms with van der Waals surface area (Å²) in [5.41, 5.74) is 3.15. The first kappa shape index (κ1) is 13.8. The van der Waals surface area contributed by atoms with Gasteiger partial charge in [0.05, 0.1) is 24.2 Å². The molecule has 0 aliphatic carbocycles. The van der Waals surface area contributed by atoms with Gasteiger partial charge in [-0.15, -0.1) is 11.3 Å². The number of pyridine rings is 1. The van der Waals surface area contributed by atoms with Gasteiger partial charge in [0.2, 0.25) is 0 Å². The number of imidazole rings is 1. The quantitative estimate of drug-likeness (QED) is 0.738. The Hall–Kier alpha value is -2.14. The van der Waals surface area contributed by atoms with Gasteiger partial charge in [0, 0.05) is 29.7 Å². The molecule has 0 radical (unpaired) electrons. The van der Waals surface area contributed by atoms with E-state index in [1.54, 1.807) is 18.4 Å². The molecule has 3 rings (SSSR count). The number of aryl methyl sites for hydroxylation is 1. The van der Waals surface area contributed by atoms with Crippen LogP contribution in [0.4, 0.5) is 0 Å². The van der Waals surface area contributed by atoms with E-state index < -0.39 is 0 Å². The molecule has 0 saturated carbocycles. The van der Waals surface area contributed by atoms with Crippen molar-refractivity contribution in [3.8, 4) is 16.5 Å². The number of ether oxygens (including phenoxy) is 1. The molecule has 5 heteroatoms. The molecule has 0 spiro atoms. The highest BCUT2D eigenvalue weighted by molar-refractivity contribution is 7.13. The molecule has 3 heterocycles. The van der Waals surface area contributed by atoms with Crippen molar-refractivity contribution >= 4 is 11.3 Å². The zero-order valence-electron chi connectivity index (χ0n) is 12.3. The predicted octanol–water partition coefficient (Wildman–Crippen LogP) is 3.68. The third kappa shape index (κ3) is 2.56. The van der Waals surface area contributed by atoms with E-state index in [4.69, 9.17) is 4.74 Å². The summed E-state index contributed by atoms with van der Waals surface area (Å²) in [4.78, 5) is 10.2. The van der Waals surface area contributed by atoms with Gasteiger partial charge < -0.3 is 9.30 Å². The number of aromatic nitrogens is 3. The molecule has 0 amide bonds. The second-order valence-corrected chi connectivity index (χ2v) is 5.85. The summed E-state index contributed by atoms with van der Waals surface area (Å²) in [5.74, 6) is 1.89. The monoisotopic (exact) mass is 299 g/mol. The Morgan fingerprint density at radius 1 is 1.29 bits per heavy atom. The highest BCUT2D eigenvalue weighted by atomic mass is 32.1. The molecule has 21 heavy (non-hydrogen) atoms. The normalized spacial score (nSPS) is 10.8. The molecular weight excluding hydrogens is 282 g/mol. The second kappa shape index (κ2) is 5.69. The van der Waals surface area contributed by atoms with Crippen LogP contribution in [0.3, 0.4) is 0 Å². The Kier molecular flexibility index (Phi) is 3.75. The minimum Gasteiger partial charge on any atom is -0.496 e. The fraction of sp³-hybridized carbons (Fsp3) is 0.250. The SMILES string of the molecule is COc1c(C)cnc(Cn2ccnc2-c2cccs2)c1C. The summed E-state index contributed by atoms with van der Waals surface area (Å²) < 4.78 is 7.60. The van der Waals surface area contributed by atoms with Crippen molar-refractivity contribution in [2.45, 2.75) is 20.4 Å². The minimum atomic E-state index is 0.690. The van der Waals surface area contributed by atoms with Crippen molar-refractivity contribution in [3.05, 3.63) is 52.9 Å². The van der Waals surface area contributed by atoms with Crippen LogP contribution in [0.15, 0.2) is 36.1 Å². The lowest BCUT2D eigenvalue weighted by Crippen LogP contribution is -2.06. The zero-order valence-corrected chi connectivity index (χ0v) is 13.1. The molecule has 3 aromatic rings. The van der Waals surface area contributed by atoms with Gasteiger partial charge >= 0.3 is 0 Å². The molecule has 3 aromatic heterocycles. The summed E-state index contributed by atoms with van der Waals surface area (Å²) in [6.45, 7) is 4.75. The third-order valence-electron chi connectivity index (χ3n) is 3.53. The topological polar surface area (TPSA) is 39.9 Å². The predicted molar refractivity (Wildman–Crippen MR) is 84.9 cm³/mol. The van der Waals surface area contributed by atoms with Crippen LogP contribution in [0, 0.1) is 13.8 Å². The van der Waals surface area contributed by atoms with Crippen LogP contribution in [0.1, 0.15) is 16.8 Å². The number of methoxy groups -OCH3 is 1. The summed E-state index contributed by atoms with van der Waals surface area (Å²) >= 11 is 1.69. The van der Waals surface area contributed by atoms with Crippen LogP contribution in [-0.2, 0) is 6.54 Å². The van der Waals surface area contributed by atoms with Gasteiger partial charge in [-0.25, -0.2) is 4.98 Å². The van der Waals surface area contributed by atoms with E-state index in [9.17, 15) is 0 Å². The lowest BCUT2D eigenvalue weighted by molar-refractivity contribution is 0.406. The fourth-order valence-electron chi connectivity index (χ4n) is 2.46. The molecule has 0 saturated heterocycles. The molecule has 0 unspecified atom stereocenters. The average molecular weight is 299 g/mol. The molecule has 0 bridgehead atoms. The van der Waals surface area contributed by atoms with Crippen LogP contribution in [0.25, 0.3) is 10.7 Å². The van der Waals surface area contributed by atoms with E-state index in [-0.39, 0.29) is 0 Å². The first-order chi connectivity index (χ1) is 10.2. The van der Waals surface area contributed by atoms with Crippen molar-refractivity contribution in [3.63, 3.8) is 0 Å². The lowest BCUT2D eigenvalue weighted by Gasteiger charge is -2.13. The second-order valence-electron chi connectivity index (χ2n) is 4.90. The third-order valence-corrected chi connectivity index (χ3v) is 4.39. The van der Waals surface area contributed by atoms with E-state index in [0.29, 0.717) is 6.54 Å². The Bertz CT molecular complexity index is 747. The zero-order chi connectivity index (χ0) is 14.8. The summed E-state index contributed by atoms with van der Waals surface area (Å²) in [6.07, 6.45) is 5.68. The van der Waals surface area contributed by atoms with Crippen LogP contribution < -0.4 is 4.74 Å². The van der Waals surface area contributed by atoms with Crippen molar-refractivity contribution in [1.82, 2.24) is 14.5 Å². The highest BCUT2D eigenvalue weighted by Gasteiger charge is 2.12. The summed E-state index contributed by atoms with van der Waals surface area (Å²) in [7, 11) is 1.70. The maximum Gasteiger partial charge on any atom is 0.150 e. The average Bonchev–Trinajstić information content (AvgIpc) is 3.13. The largest absolute Gasteiger partial charge is 0.496 e. The Morgan fingerprint density at radius 3 is 2.86 bits per heavy atom. The number of hydrogen-bond acceptors (Lipinski definition) is 4. The van der Waals surface area contributed by atoms with Gasteiger partial charge in [-0.3, -0.25) is 4.98 Å². The first-order valence-electron chi connectivity index (χ1n) is 6.74. The van der Waals surface area contributed by atoms with Gasteiger partial charge in [-0.1, -0.05) is 6.07 Å². The fourth-order valence-corrected chi connectivity index (χ4v) is 3.20. The summed E-state index contributed by atoms with van der Waals surface area (Å²) in [5, 5.41) is 2.06. The molecule has 0 atom stereocenters. The van der Waals surface area contributed by atoms with E-state index >= 15 is 0 Å². The number of nitrogens with zero attached hydrogens (tertiary/aromatic N) is 3. The Morgan fingerprint density at radius 2 is 2.14 bits per heavy atom. The molecule has 0 aliphatic heterocycles. The number of rotatable bonds is 4. The molecular formula is C16H17N3OS. The van der Waals surface area contributed by atoms with E-state index in [1.807, 2.05) is 31.6 Å². The smallest absolute Gasteiger partial charge is 0.150 e.